The van der Waals surface area contributed by atoms with Crippen LogP contribution in [0.5, 0.6) is 5.75 Å². The zero-order valence-electron chi connectivity index (χ0n) is 14.3. The van der Waals surface area contributed by atoms with Crippen LogP contribution in [0.25, 0.3) is 10.8 Å². The molecular formula is C21H13F3N2OS. The molecule has 0 amide bonds. The first kappa shape index (κ1) is 18.3. The summed E-state index contributed by atoms with van der Waals surface area (Å²) in [6.07, 6.45) is 0. The summed E-state index contributed by atoms with van der Waals surface area (Å²) in [5.74, 6) is 0.0572. The zero-order chi connectivity index (χ0) is 19.9. The molecule has 0 radical (unpaired) electrons. The van der Waals surface area contributed by atoms with E-state index in [4.69, 9.17) is 10.5 Å². The van der Waals surface area contributed by atoms with Gasteiger partial charge in [0.1, 0.15) is 17.4 Å². The molecule has 28 heavy (non-hydrogen) atoms. The third-order valence-electron chi connectivity index (χ3n) is 4.55. The molecule has 1 atom stereocenters. The quantitative estimate of drug-likeness (QED) is 0.565. The Hall–Kier alpha value is -3.11. The van der Waals surface area contributed by atoms with E-state index in [1.54, 1.807) is 12.1 Å². The lowest BCUT2D eigenvalue weighted by Gasteiger charge is -2.27. The fraction of sp³-hybridized carbons (Fsp3) is 0.0952. The van der Waals surface area contributed by atoms with E-state index in [2.05, 4.69) is 6.07 Å². The van der Waals surface area contributed by atoms with Gasteiger partial charge in [-0.05, 0) is 34.8 Å². The molecule has 1 unspecified atom stereocenters. The minimum atomic E-state index is -4.35. The molecule has 3 aromatic carbocycles. The summed E-state index contributed by atoms with van der Waals surface area (Å²) in [7, 11) is 0. The van der Waals surface area contributed by atoms with Crippen molar-refractivity contribution in [2.75, 3.05) is 0 Å². The maximum atomic E-state index is 12.6. The van der Waals surface area contributed by atoms with Gasteiger partial charge in [0.15, 0.2) is 0 Å². The van der Waals surface area contributed by atoms with Crippen LogP contribution >= 0.6 is 11.8 Å². The molecule has 7 heteroatoms. The molecule has 0 aliphatic carbocycles. The molecule has 1 aliphatic heterocycles. The smallest absolute Gasteiger partial charge is 0.440 e. The summed E-state index contributed by atoms with van der Waals surface area (Å²) in [4.78, 5) is 0.0810. The number of nitrogens with zero attached hydrogens (tertiary/aromatic N) is 1. The van der Waals surface area contributed by atoms with E-state index in [1.165, 1.54) is 12.1 Å². The van der Waals surface area contributed by atoms with E-state index in [-0.39, 0.29) is 28.1 Å². The van der Waals surface area contributed by atoms with Gasteiger partial charge in [0.25, 0.3) is 0 Å². The first-order valence-electron chi connectivity index (χ1n) is 8.32. The third-order valence-corrected chi connectivity index (χ3v) is 5.29. The second-order valence-corrected chi connectivity index (χ2v) is 7.39. The van der Waals surface area contributed by atoms with E-state index in [9.17, 15) is 18.4 Å². The molecular weight excluding hydrogens is 385 g/mol. The van der Waals surface area contributed by atoms with Crippen LogP contribution in [0.15, 0.2) is 77.0 Å². The van der Waals surface area contributed by atoms with Gasteiger partial charge in [0.2, 0.25) is 5.88 Å². The minimum Gasteiger partial charge on any atom is -0.440 e. The summed E-state index contributed by atoms with van der Waals surface area (Å²) in [6, 6.07) is 19.5. The Morgan fingerprint density at radius 1 is 1.00 bits per heavy atom. The summed E-state index contributed by atoms with van der Waals surface area (Å²) < 4.78 is 43.5. The average molecular weight is 398 g/mol. The summed E-state index contributed by atoms with van der Waals surface area (Å²) in [6.45, 7) is 0. The fourth-order valence-electron chi connectivity index (χ4n) is 3.39. The van der Waals surface area contributed by atoms with Gasteiger partial charge in [-0.25, -0.2) is 0 Å². The number of allylic oxidation sites excluding steroid dienone is 1. The number of halogens is 3. The highest BCUT2D eigenvalue weighted by molar-refractivity contribution is 8.00. The third kappa shape index (κ3) is 3.27. The van der Waals surface area contributed by atoms with Gasteiger partial charge >= 0.3 is 5.51 Å². The van der Waals surface area contributed by atoms with Crippen LogP contribution in [0.3, 0.4) is 0 Å². The number of hydrogen-bond acceptors (Lipinski definition) is 4. The molecule has 3 nitrogen and oxygen atoms in total. The topological polar surface area (TPSA) is 59.0 Å². The maximum absolute atomic E-state index is 12.6. The fourth-order valence-corrected chi connectivity index (χ4v) is 3.93. The monoisotopic (exact) mass is 398 g/mol. The van der Waals surface area contributed by atoms with Crippen molar-refractivity contribution in [1.29, 1.82) is 5.26 Å². The van der Waals surface area contributed by atoms with Crippen molar-refractivity contribution in [2.45, 2.75) is 16.3 Å². The Kier molecular flexibility index (Phi) is 4.44. The maximum Gasteiger partial charge on any atom is 0.446 e. The highest BCUT2D eigenvalue weighted by atomic mass is 32.2. The number of ether oxygens (including phenoxy) is 1. The summed E-state index contributed by atoms with van der Waals surface area (Å²) in [5.41, 5.74) is 3.32. The predicted octanol–water partition coefficient (Wildman–Crippen LogP) is 5.67. The van der Waals surface area contributed by atoms with Crippen molar-refractivity contribution in [3.63, 3.8) is 0 Å². The van der Waals surface area contributed by atoms with Crippen LogP contribution in [0, 0.1) is 11.3 Å². The van der Waals surface area contributed by atoms with Gasteiger partial charge in [-0.3, -0.25) is 0 Å². The molecule has 0 aromatic heterocycles. The molecule has 140 valence electrons. The van der Waals surface area contributed by atoms with E-state index in [0.29, 0.717) is 11.3 Å². The van der Waals surface area contributed by atoms with E-state index in [1.807, 2.05) is 36.4 Å². The Balaban J connectivity index is 1.84. The number of nitrogens with two attached hydrogens (primary N) is 1. The van der Waals surface area contributed by atoms with Crippen LogP contribution in [-0.4, -0.2) is 5.51 Å². The van der Waals surface area contributed by atoms with Gasteiger partial charge < -0.3 is 10.5 Å². The van der Waals surface area contributed by atoms with Gasteiger partial charge in [0.05, 0.1) is 5.92 Å². The molecule has 3 aromatic rings. The lowest BCUT2D eigenvalue weighted by molar-refractivity contribution is -0.0328. The van der Waals surface area contributed by atoms with Crippen LogP contribution in [0.1, 0.15) is 17.0 Å². The van der Waals surface area contributed by atoms with Gasteiger partial charge in [-0.2, -0.15) is 18.4 Å². The first-order valence-corrected chi connectivity index (χ1v) is 9.14. The van der Waals surface area contributed by atoms with Crippen molar-refractivity contribution in [3.8, 4) is 11.8 Å². The van der Waals surface area contributed by atoms with E-state index >= 15 is 0 Å². The second-order valence-electron chi connectivity index (χ2n) is 6.25. The standard InChI is InChI=1S/C21H13F3N2OS/c22-21(23,24)28-14-8-5-13(6-9-14)18-16-10-7-12-3-1-2-4-15(12)19(16)27-20(26)17(18)11-25/h1-10,18H,26H2. The number of hydrogen-bond donors (Lipinski definition) is 1. The highest BCUT2D eigenvalue weighted by Gasteiger charge is 2.32. The molecule has 0 fully saturated rings. The lowest BCUT2D eigenvalue weighted by Crippen LogP contribution is -2.21. The molecule has 2 N–H and O–H groups in total. The lowest BCUT2D eigenvalue weighted by atomic mass is 9.82. The van der Waals surface area contributed by atoms with E-state index < -0.39 is 11.4 Å². The van der Waals surface area contributed by atoms with Crippen molar-refractivity contribution in [3.05, 3.63) is 83.2 Å². The summed E-state index contributed by atoms with van der Waals surface area (Å²) >= 11 is -0.176. The number of nitriles is 1. The summed E-state index contributed by atoms with van der Waals surface area (Å²) in [5, 5.41) is 11.4. The number of thioether (sulfide) groups is 1. The Morgan fingerprint density at radius 2 is 1.71 bits per heavy atom. The number of rotatable bonds is 2. The largest absolute Gasteiger partial charge is 0.446 e. The van der Waals surface area contributed by atoms with Crippen LogP contribution in [-0.2, 0) is 0 Å². The highest BCUT2D eigenvalue weighted by Crippen LogP contribution is 2.46. The van der Waals surface area contributed by atoms with E-state index in [0.717, 1.165) is 16.3 Å². The van der Waals surface area contributed by atoms with Gasteiger partial charge in [-0.1, -0.05) is 48.5 Å². The SMILES string of the molecule is N#CC1=C(N)Oc2c(ccc3ccccc23)C1c1ccc(SC(F)(F)F)cc1. The van der Waals surface area contributed by atoms with Crippen LogP contribution < -0.4 is 10.5 Å². The molecule has 0 saturated carbocycles. The van der Waals surface area contributed by atoms with Gasteiger partial charge in [-0.15, -0.1) is 0 Å². The molecule has 0 saturated heterocycles. The number of fused-ring (bicyclic) bond motifs is 3. The molecule has 0 bridgehead atoms. The van der Waals surface area contributed by atoms with Gasteiger partial charge in [0, 0.05) is 15.8 Å². The normalized spacial score (nSPS) is 16.4. The van der Waals surface area contributed by atoms with Crippen molar-refractivity contribution >= 4 is 22.5 Å². The van der Waals surface area contributed by atoms with Crippen molar-refractivity contribution < 1.29 is 17.9 Å². The van der Waals surface area contributed by atoms with Crippen LogP contribution in [0.2, 0.25) is 0 Å². The zero-order valence-corrected chi connectivity index (χ0v) is 15.1. The average Bonchev–Trinajstić information content (AvgIpc) is 2.66. The molecule has 1 heterocycles. The molecule has 4 rings (SSSR count). The molecule has 0 spiro atoms. The van der Waals surface area contributed by atoms with Crippen molar-refractivity contribution in [2.24, 2.45) is 5.73 Å². The predicted molar refractivity (Wildman–Crippen MR) is 102 cm³/mol. The Labute approximate surface area is 163 Å². The first-order chi connectivity index (χ1) is 13.4. The number of benzene rings is 3. The minimum absolute atomic E-state index is 0.00472. The second kappa shape index (κ2) is 6.80. The Morgan fingerprint density at radius 3 is 2.39 bits per heavy atom. The number of alkyl halides is 3. The van der Waals surface area contributed by atoms with Crippen molar-refractivity contribution in [1.82, 2.24) is 0 Å². The molecule has 1 aliphatic rings. The van der Waals surface area contributed by atoms with Crippen LogP contribution in [0.4, 0.5) is 13.2 Å². The Bertz CT molecular complexity index is 1130.